The molecule has 0 fully saturated rings. The fourth-order valence-electron chi connectivity index (χ4n) is 2.98. The van der Waals surface area contributed by atoms with Gasteiger partial charge in [-0.2, -0.15) is 5.21 Å². The van der Waals surface area contributed by atoms with Crippen molar-refractivity contribution < 1.29 is 4.79 Å². The van der Waals surface area contributed by atoms with Gasteiger partial charge in [-0.15, -0.1) is 10.2 Å². The van der Waals surface area contributed by atoms with Crippen LogP contribution in [0.4, 0.5) is 17.2 Å². The third kappa shape index (κ3) is 2.93. The van der Waals surface area contributed by atoms with Gasteiger partial charge in [-0.1, -0.05) is 0 Å². The van der Waals surface area contributed by atoms with Crippen molar-refractivity contribution in [1.82, 2.24) is 25.6 Å². The summed E-state index contributed by atoms with van der Waals surface area (Å²) in [5.74, 6) is 1.42. The second-order valence-electron chi connectivity index (χ2n) is 5.77. The van der Waals surface area contributed by atoms with Crippen LogP contribution in [-0.2, 0) is 11.2 Å². The molecular weight excluding hydrogens is 318 g/mol. The van der Waals surface area contributed by atoms with E-state index in [0.29, 0.717) is 24.6 Å². The van der Waals surface area contributed by atoms with Crippen molar-refractivity contribution in [2.24, 2.45) is 0 Å². The van der Waals surface area contributed by atoms with E-state index < -0.39 is 0 Å². The number of pyridine rings is 1. The fourth-order valence-corrected chi connectivity index (χ4v) is 2.98. The first-order valence-electron chi connectivity index (χ1n) is 8.15. The molecule has 0 bridgehead atoms. The molecule has 1 aromatic carbocycles. The lowest BCUT2D eigenvalue weighted by Crippen LogP contribution is -2.34. The number of nitrogens with zero attached hydrogens (tertiary/aromatic N) is 5. The summed E-state index contributed by atoms with van der Waals surface area (Å²) >= 11 is 0. The SMILES string of the molecule is CCN1C(=O)CCc2cnc(Nc3ccc(-c4nn[nH]n4)cc3)cc21. The lowest BCUT2D eigenvalue weighted by Gasteiger charge is -2.28. The van der Waals surface area contributed by atoms with E-state index in [1.807, 2.05) is 48.4 Å². The number of tetrazole rings is 1. The normalized spacial score (nSPS) is 13.6. The van der Waals surface area contributed by atoms with Gasteiger partial charge in [0.25, 0.3) is 0 Å². The Morgan fingerprint density at radius 3 is 2.80 bits per heavy atom. The van der Waals surface area contributed by atoms with Gasteiger partial charge in [0.2, 0.25) is 11.7 Å². The number of aromatic amines is 1. The number of benzene rings is 1. The number of hydrogen-bond acceptors (Lipinski definition) is 6. The average molecular weight is 335 g/mol. The minimum absolute atomic E-state index is 0.164. The zero-order valence-electron chi connectivity index (χ0n) is 13.7. The zero-order valence-corrected chi connectivity index (χ0v) is 13.7. The number of fused-ring (bicyclic) bond motifs is 1. The number of rotatable bonds is 4. The van der Waals surface area contributed by atoms with Gasteiger partial charge in [-0.3, -0.25) is 4.79 Å². The molecular formula is C17H17N7O. The highest BCUT2D eigenvalue weighted by atomic mass is 16.2. The Bertz CT molecular complexity index is 890. The molecule has 0 aliphatic carbocycles. The Kier molecular flexibility index (Phi) is 3.85. The Morgan fingerprint density at radius 1 is 1.24 bits per heavy atom. The Balaban J connectivity index is 1.57. The highest BCUT2D eigenvalue weighted by molar-refractivity contribution is 5.96. The summed E-state index contributed by atoms with van der Waals surface area (Å²) < 4.78 is 0. The minimum atomic E-state index is 0.164. The van der Waals surface area contributed by atoms with Crippen LogP contribution >= 0.6 is 0 Å². The molecule has 1 amide bonds. The number of aryl methyl sites for hydroxylation is 1. The van der Waals surface area contributed by atoms with Gasteiger partial charge in [-0.05, 0) is 48.4 Å². The number of anilines is 3. The molecule has 0 unspecified atom stereocenters. The standard InChI is InChI=1S/C17H17N7O/c1-2-24-14-9-15(18-10-12(14)5-8-16(24)25)19-13-6-3-11(4-7-13)17-20-22-23-21-17/h3-4,6-7,9-10H,2,5,8H2,1H3,(H,18,19)(H,20,21,22,23). The van der Waals surface area contributed by atoms with Crippen LogP contribution in [0.2, 0.25) is 0 Å². The first-order valence-corrected chi connectivity index (χ1v) is 8.15. The van der Waals surface area contributed by atoms with Gasteiger partial charge in [0.05, 0.1) is 5.69 Å². The molecule has 4 rings (SSSR count). The van der Waals surface area contributed by atoms with Gasteiger partial charge >= 0.3 is 0 Å². The smallest absolute Gasteiger partial charge is 0.227 e. The third-order valence-corrected chi connectivity index (χ3v) is 4.24. The third-order valence-electron chi connectivity index (χ3n) is 4.24. The van der Waals surface area contributed by atoms with Crippen molar-refractivity contribution in [2.45, 2.75) is 19.8 Å². The molecule has 0 atom stereocenters. The molecule has 0 spiro atoms. The van der Waals surface area contributed by atoms with E-state index in [1.54, 1.807) is 0 Å². The highest BCUT2D eigenvalue weighted by Gasteiger charge is 2.23. The van der Waals surface area contributed by atoms with Crippen molar-refractivity contribution in [3.05, 3.63) is 42.1 Å². The Labute approximate surface area is 144 Å². The molecule has 2 aromatic heterocycles. The Morgan fingerprint density at radius 2 is 2.08 bits per heavy atom. The van der Waals surface area contributed by atoms with E-state index in [2.05, 4.69) is 30.9 Å². The predicted molar refractivity (Wildman–Crippen MR) is 93.5 cm³/mol. The first-order chi connectivity index (χ1) is 12.2. The van der Waals surface area contributed by atoms with E-state index >= 15 is 0 Å². The van der Waals surface area contributed by atoms with E-state index in [4.69, 9.17) is 0 Å². The van der Waals surface area contributed by atoms with E-state index in [9.17, 15) is 4.79 Å². The van der Waals surface area contributed by atoms with Crippen LogP contribution in [0.3, 0.4) is 0 Å². The number of amides is 1. The molecule has 1 aliphatic rings. The van der Waals surface area contributed by atoms with Crippen molar-refractivity contribution >= 4 is 23.1 Å². The molecule has 3 aromatic rings. The maximum absolute atomic E-state index is 12.1. The quantitative estimate of drug-likeness (QED) is 0.759. The minimum Gasteiger partial charge on any atom is -0.340 e. The summed E-state index contributed by atoms with van der Waals surface area (Å²) in [5.41, 5.74) is 3.82. The summed E-state index contributed by atoms with van der Waals surface area (Å²) in [6.45, 7) is 2.64. The summed E-state index contributed by atoms with van der Waals surface area (Å²) in [5, 5.41) is 17.2. The van der Waals surface area contributed by atoms with Crippen molar-refractivity contribution in [2.75, 3.05) is 16.8 Å². The second kappa shape index (κ2) is 6.31. The van der Waals surface area contributed by atoms with Crippen LogP contribution < -0.4 is 10.2 Å². The average Bonchev–Trinajstić information content (AvgIpc) is 3.17. The van der Waals surface area contributed by atoms with Crippen molar-refractivity contribution in [3.8, 4) is 11.4 Å². The molecule has 126 valence electrons. The molecule has 8 heteroatoms. The lowest BCUT2D eigenvalue weighted by molar-refractivity contribution is -0.118. The molecule has 3 heterocycles. The number of nitrogens with one attached hydrogen (secondary N) is 2. The van der Waals surface area contributed by atoms with Crippen LogP contribution in [-0.4, -0.2) is 38.1 Å². The maximum atomic E-state index is 12.1. The predicted octanol–water partition coefficient (Wildman–Crippen LogP) is 2.30. The largest absolute Gasteiger partial charge is 0.340 e. The number of aromatic nitrogens is 5. The molecule has 2 N–H and O–H groups in total. The van der Waals surface area contributed by atoms with Crippen LogP contribution in [0, 0.1) is 0 Å². The van der Waals surface area contributed by atoms with Gasteiger partial charge in [0, 0.05) is 36.5 Å². The summed E-state index contributed by atoms with van der Waals surface area (Å²) in [6.07, 6.45) is 3.14. The summed E-state index contributed by atoms with van der Waals surface area (Å²) in [6, 6.07) is 9.61. The van der Waals surface area contributed by atoms with Crippen LogP contribution in [0.15, 0.2) is 36.5 Å². The van der Waals surface area contributed by atoms with Gasteiger partial charge in [0.15, 0.2) is 0 Å². The topological polar surface area (TPSA) is 99.7 Å². The molecule has 1 aliphatic heterocycles. The van der Waals surface area contributed by atoms with Crippen molar-refractivity contribution in [1.29, 1.82) is 0 Å². The highest BCUT2D eigenvalue weighted by Crippen LogP contribution is 2.30. The fraction of sp³-hybridized carbons (Fsp3) is 0.235. The van der Waals surface area contributed by atoms with E-state index in [0.717, 1.165) is 28.9 Å². The molecule has 0 saturated carbocycles. The Hall–Kier alpha value is -3.29. The molecule has 25 heavy (non-hydrogen) atoms. The first kappa shape index (κ1) is 15.3. The van der Waals surface area contributed by atoms with Crippen LogP contribution in [0.25, 0.3) is 11.4 Å². The number of carbonyl (C=O) groups excluding carboxylic acids is 1. The summed E-state index contributed by atoms with van der Waals surface area (Å²) in [4.78, 5) is 18.3. The van der Waals surface area contributed by atoms with Crippen molar-refractivity contribution in [3.63, 3.8) is 0 Å². The monoisotopic (exact) mass is 335 g/mol. The number of carbonyl (C=O) groups is 1. The number of hydrogen-bond donors (Lipinski definition) is 2. The molecule has 8 nitrogen and oxygen atoms in total. The zero-order chi connectivity index (χ0) is 17.2. The van der Waals surface area contributed by atoms with Gasteiger partial charge in [-0.25, -0.2) is 4.98 Å². The van der Waals surface area contributed by atoms with Crippen LogP contribution in [0.5, 0.6) is 0 Å². The number of H-pyrrole nitrogens is 1. The van der Waals surface area contributed by atoms with E-state index in [1.165, 1.54) is 0 Å². The van der Waals surface area contributed by atoms with Crippen LogP contribution in [0.1, 0.15) is 18.9 Å². The lowest BCUT2D eigenvalue weighted by atomic mass is 10.0. The van der Waals surface area contributed by atoms with E-state index in [-0.39, 0.29) is 5.91 Å². The summed E-state index contributed by atoms with van der Waals surface area (Å²) in [7, 11) is 0. The second-order valence-corrected chi connectivity index (χ2v) is 5.77. The van der Waals surface area contributed by atoms with Gasteiger partial charge < -0.3 is 10.2 Å². The van der Waals surface area contributed by atoms with Gasteiger partial charge in [0.1, 0.15) is 5.82 Å². The maximum Gasteiger partial charge on any atom is 0.227 e. The molecule has 0 saturated heterocycles. The molecule has 0 radical (unpaired) electrons.